The maximum absolute atomic E-state index is 11.3. The average molecular weight is 242 g/mol. The summed E-state index contributed by atoms with van der Waals surface area (Å²) in [5.74, 6) is -0.0673. The minimum atomic E-state index is -0.0673. The topological polar surface area (TPSA) is 59.6 Å². The molecule has 0 aliphatic carbocycles. The highest BCUT2D eigenvalue weighted by molar-refractivity contribution is 5.77. The molecule has 2 saturated heterocycles. The molecule has 0 aromatic heterocycles. The summed E-state index contributed by atoms with van der Waals surface area (Å²) in [5, 5.41) is 6.19. The van der Waals surface area contributed by atoms with Crippen molar-refractivity contribution in [2.24, 2.45) is 0 Å². The number of carbonyl (C=O) groups is 1. The zero-order valence-corrected chi connectivity index (χ0v) is 10.5. The molecule has 0 aromatic rings. The van der Waals surface area contributed by atoms with Crippen LogP contribution in [0.5, 0.6) is 0 Å². The second-order valence-electron chi connectivity index (χ2n) is 4.95. The molecule has 17 heavy (non-hydrogen) atoms. The second kappa shape index (κ2) is 5.80. The van der Waals surface area contributed by atoms with Gasteiger partial charge in [-0.05, 0) is 38.8 Å². The van der Waals surface area contributed by atoms with Crippen LogP contribution in [-0.4, -0.2) is 51.0 Å². The Hall–Kier alpha value is -0.650. The molecule has 2 N–H and O–H groups in total. The van der Waals surface area contributed by atoms with Crippen molar-refractivity contribution in [3.8, 4) is 0 Å². The molecule has 2 aliphatic heterocycles. The summed E-state index contributed by atoms with van der Waals surface area (Å²) in [6.07, 6.45) is 4.53. The number of nitrogens with one attached hydrogen (secondary N) is 2. The van der Waals surface area contributed by atoms with Gasteiger partial charge in [-0.25, -0.2) is 0 Å². The predicted octanol–water partition coefficient (Wildman–Crippen LogP) is 0.0502. The third kappa shape index (κ3) is 3.40. The Kier molecular flexibility index (Phi) is 4.36. The van der Waals surface area contributed by atoms with E-state index in [1.54, 1.807) is 0 Å². The van der Waals surface area contributed by atoms with E-state index in [1.807, 2.05) is 0 Å². The van der Waals surface area contributed by atoms with E-state index in [9.17, 15) is 4.79 Å². The van der Waals surface area contributed by atoms with Gasteiger partial charge >= 0.3 is 0 Å². The van der Waals surface area contributed by atoms with Crippen molar-refractivity contribution < 1.29 is 14.3 Å². The first-order valence-electron chi connectivity index (χ1n) is 6.38. The molecule has 0 aromatic carbocycles. The van der Waals surface area contributed by atoms with Gasteiger partial charge in [0.15, 0.2) is 0 Å². The number of rotatable bonds is 4. The standard InChI is InChI=1S/C12H22N2O3/c1-16-9-11(15)14-8-10-2-3-12(17-10)4-6-13-7-5-12/h10,13H,2-9H2,1H3,(H,14,15). The summed E-state index contributed by atoms with van der Waals surface area (Å²) in [6.45, 7) is 2.82. The summed E-state index contributed by atoms with van der Waals surface area (Å²) in [7, 11) is 1.52. The molecule has 0 radical (unpaired) electrons. The smallest absolute Gasteiger partial charge is 0.246 e. The molecule has 1 amide bonds. The summed E-state index contributed by atoms with van der Waals surface area (Å²) < 4.78 is 10.9. The van der Waals surface area contributed by atoms with Gasteiger partial charge in [0.2, 0.25) is 5.91 Å². The summed E-state index contributed by atoms with van der Waals surface area (Å²) in [5.41, 5.74) is 0.0852. The van der Waals surface area contributed by atoms with Gasteiger partial charge in [0.25, 0.3) is 0 Å². The Bertz CT molecular complexity index is 264. The third-order valence-electron chi connectivity index (χ3n) is 3.66. The highest BCUT2D eigenvalue weighted by atomic mass is 16.5. The first-order valence-corrected chi connectivity index (χ1v) is 6.38. The largest absolute Gasteiger partial charge is 0.375 e. The number of carbonyl (C=O) groups excluding carboxylic acids is 1. The SMILES string of the molecule is COCC(=O)NCC1CCC2(CCNCC2)O1. The van der Waals surface area contributed by atoms with Crippen LogP contribution in [0, 0.1) is 0 Å². The molecular weight excluding hydrogens is 220 g/mol. The highest BCUT2D eigenvalue weighted by Gasteiger charge is 2.40. The van der Waals surface area contributed by atoms with Gasteiger partial charge in [-0.3, -0.25) is 4.79 Å². The molecule has 0 saturated carbocycles. The molecular formula is C12H22N2O3. The van der Waals surface area contributed by atoms with Crippen LogP contribution in [0.2, 0.25) is 0 Å². The van der Waals surface area contributed by atoms with Crippen LogP contribution in [0.3, 0.4) is 0 Å². The van der Waals surface area contributed by atoms with Gasteiger partial charge in [0, 0.05) is 13.7 Å². The van der Waals surface area contributed by atoms with E-state index in [2.05, 4.69) is 10.6 Å². The Morgan fingerprint density at radius 1 is 1.47 bits per heavy atom. The molecule has 5 nitrogen and oxygen atoms in total. The quantitative estimate of drug-likeness (QED) is 0.731. The molecule has 2 aliphatic rings. The minimum absolute atomic E-state index is 0.0673. The first kappa shape index (κ1) is 12.8. The number of ether oxygens (including phenoxy) is 2. The van der Waals surface area contributed by atoms with E-state index in [-0.39, 0.29) is 24.2 Å². The fourth-order valence-electron chi connectivity index (χ4n) is 2.70. The van der Waals surface area contributed by atoms with Crippen molar-refractivity contribution in [1.82, 2.24) is 10.6 Å². The minimum Gasteiger partial charge on any atom is -0.375 e. The van der Waals surface area contributed by atoms with Gasteiger partial charge in [-0.1, -0.05) is 0 Å². The maximum atomic E-state index is 11.3. The summed E-state index contributed by atoms with van der Waals surface area (Å²) in [6, 6.07) is 0. The molecule has 1 atom stereocenters. The fourth-order valence-corrected chi connectivity index (χ4v) is 2.70. The van der Waals surface area contributed by atoms with E-state index in [1.165, 1.54) is 7.11 Å². The zero-order valence-electron chi connectivity index (χ0n) is 10.5. The second-order valence-corrected chi connectivity index (χ2v) is 4.95. The maximum Gasteiger partial charge on any atom is 0.246 e. The molecule has 2 fully saturated rings. The lowest BCUT2D eigenvalue weighted by Crippen LogP contribution is -2.43. The Labute approximate surface area is 102 Å². The molecule has 1 spiro atoms. The molecule has 0 bridgehead atoms. The van der Waals surface area contributed by atoms with Crippen LogP contribution in [0.4, 0.5) is 0 Å². The molecule has 2 rings (SSSR count). The van der Waals surface area contributed by atoms with Crippen LogP contribution in [0.1, 0.15) is 25.7 Å². The molecule has 2 heterocycles. The van der Waals surface area contributed by atoms with Crippen LogP contribution in [-0.2, 0) is 14.3 Å². The van der Waals surface area contributed by atoms with Crippen molar-refractivity contribution in [3.63, 3.8) is 0 Å². The molecule has 98 valence electrons. The van der Waals surface area contributed by atoms with Gasteiger partial charge in [0.1, 0.15) is 6.61 Å². The highest BCUT2D eigenvalue weighted by Crippen LogP contribution is 2.36. The lowest BCUT2D eigenvalue weighted by Gasteiger charge is -2.33. The van der Waals surface area contributed by atoms with Crippen molar-refractivity contribution in [2.75, 3.05) is 33.4 Å². The van der Waals surface area contributed by atoms with E-state index < -0.39 is 0 Å². The van der Waals surface area contributed by atoms with E-state index >= 15 is 0 Å². The summed E-state index contributed by atoms with van der Waals surface area (Å²) in [4.78, 5) is 11.3. The number of hydrogen-bond donors (Lipinski definition) is 2. The Balaban J connectivity index is 1.72. The number of amides is 1. The van der Waals surface area contributed by atoms with E-state index in [4.69, 9.17) is 9.47 Å². The van der Waals surface area contributed by atoms with Crippen molar-refractivity contribution >= 4 is 5.91 Å². The number of hydrogen-bond acceptors (Lipinski definition) is 4. The van der Waals surface area contributed by atoms with E-state index in [0.717, 1.165) is 38.8 Å². The molecule has 1 unspecified atom stereocenters. The summed E-state index contributed by atoms with van der Waals surface area (Å²) >= 11 is 0. The normalized spacial score (nSPS) is 27.2. The van der Waals surface area contributed by atoms with Crippen LogP contribution >= 0.6 is 0 Å². The molecule has 5 heteroatoms. The lowest BCUT2D eigenvalue weighted by atomic mass is 9.89. The van der Waals surface area contributed by atoms with Gasteiger partial charge in [0.05, 0.1) is 11.7 Å². The van der Waals surface area contributed by atoms with Gasteiger partial charge in [-0.15, -0.1) is 0 Å². The average Bonchev–Trinajstić information content (AvgIpc) is 2.71. The van der Waals surface area contributed by atoms with Crippen LogP contribution < -0.4 is 10.6 Å². The predicted molar refractivity (Wildman–Crippen MR) is 63.8 cm³/mol. The van der Waals surface area contributed by atoms with Gasteiger partial charge < -0.3 is 20.1 Å². The first-order chi connectivity index (χ1) is 8.24. The van der Waals surface area contributed by atoms with E-state index in [0.29, 0.717) is 6.54 Å². The zero-order chi connectivity index (χ0) is 12.1. The van der Waals surface area contributed by atoms with Crippen LogP contribution in [0.25, 0.3) is 0 Å². The number of piperidine rings is 1. The monoisotopic (exact) mass is 242 g/mol. The Morgan fingerprint density at radius 3 is 2.94 bits per heavy atom. The van der Waals surface area contributed by atoms with Gasteiger partial charge in [-0.2, -0.15) is 0 Å². The van der Waals surface area contributed by atoms with Crippen molar-refractivity contribution in [1.29, 1.82) is 0 Å². The fraction of sp³-hybridized carbons (Fsp3) is 0.917. The lowest BCUT2D eigenvalue weighted by molar-refractivity contribution is -0.126. The Morgan fingerprint density at radius 2 is 2.24 bits per heavy atom. The van der Waals surface area contributed by atoms with Crippen molar-refractivity contribution in [3.05, 3.63) is 0 Å². The van der Waals surface area contributed by atoms with Crippen LogP contribution in [0.15, 0.2) is 0 Å². The third-order valence-corrected chi connectivity index (χ3v) is 3.66. The number of methoxy groups -OCH3 is 1. The van der Waals surface area contributed by atoms with Crippen molar-refractivity contribution in [2.45, 2.75) is 37.4 Å².